The van der Waals surface area contributed by atoms with Gasteiger partial charge in [0.1, 0.15) is 5.75 Å². The molecule has 1 rings (SSSR count). The van der Waals surface area contributed by atoms with Gasteiger partial charge in [-0.15, -0.1) is 6.58 Å². The Labute approximate surface area is 119 Å². The summed E-state index contributed by atoms with van der Waals surface area (Å²) in [6, 6.07) is 5.94. The number of benzene rings is 1. The van der Waals surface area contributed by atoms with Gasteiger partial charge in [-0.25, -0.2) is 0 Å². The van der Waals surface area contributed by atoms with Crippen LogP contribution in [0, 0.1) is 0 Å². The van der Waals surface area contributed by atoms with E-state index in [-0.39, 0.29) is 6.54 Å². The number of carboxylic acids is 1. The van der Waals surface area contributed by atoms with Crippen LogP contribution in [0.5, 0.6) is 5.75 Å². The lowest BCUT2D eigenvalue weighted by Gasteiger charge is -2.16. The molecule has 0 aliphatic heterocycles. The van der Waals surface area contributed by atoms with E-state index in [1.807, 2.05) is 24.3 Å². The predicted molar refractivity (Wildman–Crippen MR) is 78.9 cm³/mol. The first-order chi connectivity index (χ1) is 9.56. The smallest absolute Gasteiger partial charge is 0.317 e. The fourth-order valence-electron chi connectivity index (χ4n) is 1.94. The van der Waals surface area contributed by atoms with Crippen LogP contribution < -0.4 is 10.1 Å². The van der Waals surface area contributed by atoms with Gasteiger partial charge in [0.2, 0.25) is 0 Å². The molecule has 0 unspecified atom stereocenters. The van der Waals surface area contributed by atoms with Gasteiger partial charge in [0.15, 0.2) is 0 Å². The van der Waals surface area contributed by atoms with E-state index in [9.17, 15) is 4.79 Å². The van der Waals surface area contributed by atoms with Gasteiger partial charge in [-0.3, -0.25) is 9.69 Å². The normalized spacial score (nSPS) is 10.6. The Morgan fingerprint density at radius 3 is 2.90 bits per heavy atom. The maximum Gasteiger partial charge on any atom is 0.317 e. The number of hydrogen-bond acceptors (Lipinski definition) is 4. The summed E-state index contributed by atoms with van der Waals surface area (Å²) in [5.41, 5.74) is 2.09. The molecule has 1 aromatic carbocycles. The highest BCUT2D eigenvalue weighted by Gasteiger charge is 2.08. The summed E-state index contributed by atoms with van der Waals surface area (Å²) in [7, 11) is 3.41. The van der Waals surface area contributed by atoms with Crippen LogP contribution in [-0.2, 0) is 17.9 Å². The fraction of sp³-hybridized carbons (Fsp3) is 0.400. The molecule has 0 radical (unpaired) electrons. The van der Waals surface area contributed by atoms with Crippen LogP contribution in [0.4, 0.5) is 0 Å². The minimum absolute atomic E-state index is 0.0188. The maximum atomic E-state index is 10.6. The summed E-state index contributed by atoms with van der Waals surface area (Å²) < 4.78 is 5.38. The monoisotopic (exact) mass is 278 g/mol. The van der Waals surface area contributed by atoms with Gasteiger partial charge in [0.25, 0.3) is 0 Å². The molecule has 0 aliphatic carbocycles. The molecule has 0 saturated heterocycles. The zero-order valence-corrected chi connectivity index (χ0v) is 12.1. The Bertz CT molecular complexity index is 460. The standard InChI is InChI=1S/C15H22N2O3/c1-4-7-16-9-13-6-5-12(8-14(13)20-3)10-17(2)11-15(18)19/h4-6,8,16H,1,7,9-11H2,2-3H3,(H,18,19). The Kier molecular flexibility index (Phi) is 6.76. The molecule has 0 fully saturated rings. The second kappa shape index (κ2) is 8.35. The number of hydrogen-bond donors (Lipinski definition) is 2. The molecule has 0 spiro atoms. The van der Waals surface area contributed by atoms with Gasteiger partial charge >= 0.3 is 5.97 Å². The van der Waals surface area contributed by atoms with Gasteiger partial charge in [-0.1, -0.05) is 18.2 Å². The number of carboxylic acid groups (broad SMARTS) is 1. The lowest BCUT2D eigenvalue weighted by Crippen LogP contribution is -2.25. The summed E-state index contributed by atoms with van der Waals surface area (Å²) in [6.45, 7) is 5.70. The molecule has 5 heteroatoms. The van der Waals surface area contributed by atoms with E-state index in [1.165, 1.54) is 0 Å². The van der Waals surface area contributed by atoms with Gasteiger partial charge in [0, 0.05) is 25.2 Å². The van der Waals surface area contributed by atoms with Crippen molar-refractivity contribution in [2.75, 3.05) is 27.2 Å². The van der Waals surface area contributed by atoms with Gasteiger partial charge in [-0.05, 0) is 18.7 Å². The zero-order valence-electron chi connectivity index (χ0n) is 12.1. The molecular formula is C15H22N2O3. The van der Waals surface area contributed by atoms with Crippen LogP contribution in [0.2, 0.25) is 0 Å². The molecule has 0 aliphatic rings. The molecule has 0 atom stereocenters. The molecule has 0 saturated carbocycles. The first-order valence-corrected chi connectivity index (χ1v) is 6.44. The first kappa shape index (κ1) is 16.2. The zero-order chi connectivity index (χ0) is 15.0. The third-order valence-corrected chi connectivity index (χ3v) is 2.81. The summed E-state index contributed by atoms with van der Waals surface area (Å²) >= 11 is 0. The van der Waals surface area contributed by atoms with E-state index < -0.39 is 5.97 Å². The van der Waals surface area contributed by atoms with Crippen molar-refractivity contribution in [3.05, 3.63) is 42.0 Å². The van der Waals surface area contributed by atoms with Crippen LogP contribution in [-0.4, -0.2) is 43.2 Å². The highest BCUT2D eigenvalue weighted by molar-refractivity contribution is 5.69. The highest BCUT2D eigenvalue weighted by Crippen LogP contribution is 2.20. The summed E-state index contributed by atoms with van der Waals surface area (Å²) in [5.74, 6) is -0.0208. The average Bonchev–Trinajstić information content (AvgIpc) is 2.39. The number of methoxy groups -OCH3 is 1. The third-order valence-electron chi connectivity index (χ3n) is 2.81. The quantitative estimate of drug-likeness (QED) is 0.529. The van der Waals surface area contributed by atoms with E-state index in [1.54, 1.807) is 19.1 Å². The Balaban J connectivity index is 2.70. The van der Waals surface area contributed by atoms with Crippen molar-refractivity contribution in [2.24, 2.45) is 0 Å². The van der Waals surface area contributed by atoms with Crippen LogP contribution in [0.15, 0.2) is 30.9 Å². The van der Waals surface area contributed by atoms with Crippen molar-refractivity contribution < 1.29 is 14.6 Å². The molecule has 0 heterocycles. The van der Waals surface area contributed by atoms with Gasteiger partial charge < -0.3 is 15.2 Å². The molecule has 110 valence electrons. The number of rotatable bonds is 9. The Morgan fingerprint density at radius 2 is 2.30 bits per heavy atom. The topological polar surface area (TPSA) is 61.8 Å². The number of carbonyl (C=O) groups is 1. The number of aliphatic carboxylic acids is 1. The van der Waals surface area contributed by atoms with Crippen molar-refractivity contribution in [2.45, 2.75) is 13.1 Å². The number of ether oxygens (including phenoxy) is 1. The molecular weight excluding hydrogens is 256 g/mol. The van der Waals surface area contributed by atoms with Crippen molar-refractivity contribution in [1.82, 2.24) is 10.2 Å². The van der Waals surface area contributed by atoms with Crippen LogP contribution in [0.1, 0.15) is 11.1 Å². The average molecular weight is 278 g/mol. The molecule has 0 bridgehead atoms. The van der Waals surface area contributed by atoms with Crippen molar-refractivity contribution in [1.29, 1.82) is 0 Å². The second-order valence-corrected chi connectivity index (χ2v) is 4.63. The predicted octanol–water partition coefficient (Wildman–Crippen LogP) is 1.49. The van der Waals surface area contributed by atoms with E-state index in [4.69, 9.17) is 9.84 Å². The van der Waals surface area contributed by atoms with Crippen LogP contribution in [0.25, 0.3) is 0 Å². The lowest BCUT2D eigenvalue weighted by molar-refractivity contribution is -0.138. The molecule has 0 aromatic heterocycles. The van der Waals surface area contributed by atoms with Crippen molar-refractivity contribution >= 4 is 5.97 Å². The minimum atomic E-state index is -0.829. The van der Waals surface area contributed by atoms with Crippen LogP contribution in [0.3, 0.4) is 0 Å². The Hall–Kier alpha value is -1.85. The Morgan fingerprint density at radius 1 is 1.55 bits per heavy atom. The van der Waals surface area contributed by atoms with Crippen LogP contribution >= 0.6 is 0 Å². The SMILES string of the molecule is C=CCNCc1ccc(CN(C)CC(=O)O)cc1OC. The lowest BCUT2D eigenvalue weighted by atomic mass is 10.1. The van der Waals surface area contributed by atoms with Crippen molar-refractivity contribution in [3.8, 4) is 5.75 Å². The third kappa shape index (κ3) is 5.42. The number of likely N-dealkylation sites (N-methyl/N-ethyl adjacent to an activating group) is 1. The van der Waals surface area contributed by atoms with Gasteiger partial charge in [0.05, 0.1) is 13.7 Å². The number of nitrogens with one attached hydrogen (secondary N) is 1. The maximum absolute atomic E-state index is 10.6. The van der Waals surface area contributed by atoms with E-state index in [0.717, 1.165) is 23.4 Å². The molecule has 1 aromatic rings. The van der Waals surface area contributed by atoms with Crippen molar-refractivity contribution in [3.63, 3.8) is 0 Å². The van der Waals surface area contributed by atoms with E-state index in [2.05, 4.69) is 11.9 Å². The molecule has 5 nitrogen and oxygen atoms in total. The van der Waals surface area contributed by atoms with Gasteiger partial charge in [-0.2, -0.15) is 0 Å². The molecule has 0 amide bonds. The number of nitrogens with zero attached hydrogens (tertiary/aromatic N) is 1. The summed E-state index contributed by atoms with van der Waals surface area (Å²) in [4.78, 5) is 12.4. The highest BCUT2D eigenvalue weighted by atomic mass is 16.5. The first-order valence-electron chi connectivity index (χ1n) is 6.44. The molecule has 20 heavy (non-hydrogen) atoms. The fourth-order valence-corrected chi connectivity index (χ4v) is 1.94. The summed E-state index contributed by atoms with van der Waals surface area (Å²) in [6.07, 6.45) is 1.81. The van der Waals surface area contributed by atoms with E-state index in [0.29, 0.717) is 13.1 Å². The minimum Gasteiger partial charge on any atom is -0.496 e. The summed E-state index contributed by atoms with van der Waals surface area (Å²) in [5, 5.41) is 12.0. The molecule has 2 N–H and O–H groups in total. The largest absolute Gasteiger partial charge is 0.496 e. The van der Waals surface area contributed by atoms with E-state index >= 15 is 0 Å². The second-order valence-electron chi connectivity index (χ2n) is 4.63.